The van der Waals surface area contributed by atoms with Gasteiger partial charge in [0.15, 0.2) is 0 Å². The van der Waals surface area contributed by atoms with E-state index in [0.717, 1.165) is 0 Å². The van der Waals surface area contributed by atoms with Crippen molar-refractivity contribution in [1.29, 1.82) is 0 Å². The highest BCUT2D eigenvalue weighted by Crippen LogP contribution is 2.14. The Morgan fingerprint density at radius 2 is 2.07 bits per heavy atom. The van der Waals surface area contributed by atoms with Crippen LogP contribution in [0.25, 0.3) is 0 Å². The second-order valence-electron chi connectivity index (χ2n) is 2.70. The average Bonchev–Trinajstić information content (AvgIpc) is 2.18. The molecule has 0 saturated carbocycles. The minimum absolute atomic E-state index is 0.0336. The summed E-state index contributed by atoms with van der Waals surface area (Å²) in [5, 5.41) is 0. The fourth-order valence-corrected chi connectivity index (χ4v) is 1.60. The number of hydrogen-bond donors (Lipinski definition) is 1. The Labute approximate surface area is 84.2 Å². The van der Waals surface area contributed by atoms with Gasteiger partial charge in [-0.25, -0.2) is 8.42 Å². The molecule has 3 nitrogen and oxygen atoms in total. The SMILES string of the molecule is C#Cc1ccccc1NS(=O)(=O)CC. The zero-order valence-corrected chi connectivity index (χ0v) is 8.64. The highest BCUT2D eigenvalue weighted by atomic mass is 32.2. The topological polar surface area (TPSA) is 46.2 Å². The normalized spacial score (nSPS) is 10.6. The van der Waals surface area contributed by atoms with E-state index in [1.807, 2.05) is 0 Å². The van der Waals surface area contributed by atoms with Crippen LogP contribution in [-0.4, -0.2) is 14.2 Å². The van der Waals surface area contributed by atoms with E-state index in [2.05, 4.69) is 10.6 Å². The van der Waals surface area contributed by atoms with Crippen molar-refractivity contribution in [2.75, 3.05) is 10.5 Å². The van der Waals surface area contributed by atoms with Crippen LogP contribution in [0.15, 0.2) is 24.3 Å². The molecule has 74 valence electrons. The minimum Gasteiger partial charge on any atom is -0.282 e. The predicted octanol–water partition coefficient (Wildman–Crippen LogP) is 1.43. The van der Waals surface area contributed by atoms with E-state index in [4.69, 9.17) is 6.42 Å². The summed E-state index contributed by atoms with van der Waals surface area (Å²) in [6.45, 7) is 1.57. The van der Waals surface area contributed by atoms with Crippen LogP contribution in [0.3, 0.4) is 0 Å². The number of anilines is 1. The van der Waals surface area contributed by atoms with Gasteiger partial charge in [0.05, 0.1) is 11.4 Å². The van der Waals surface area contributed by atoms with Crippen molar-refractivity contribution in [1.82, 2.24) is 0 Å². The monoisotopic (exact) mass is 209 g/mol. The summed E-state index contributed by atoms with van der Waals surface area (Å²) >= 11 is 0. The molecule has 1 aromatic carbocycles. The van der Waals surface area contributed by atoms with E-state index in [0.29, 0.717) is 11.3 Å². The predicted molar refractivity (Wildman–Crippen MR) is 57.5 cm³/mol. The van der Waals surface area contributed by atoms with Gasteiger partial charge in [0, 0.05) is 5.56 Å². The van der Waals surface area contributed by atoms with Crippen LogP contribution in [0, 0.1) is 12.3 Å². The fourth-order valence-electron chi connectivity index (χ4n) is 0.938. The molecule has 0 radical (unpaired) electrons. The smallest absolute Gasteiger partial charge is 0.232 e. The van der Waals surface area contributed by atoms with Gasteiger partial charge in [-0.15, -0.1) is 6.42 Å². The van der Waals surface area contributed by atoms with Gasteiger partial charge in [0.2, 0.25) is 10.0 Å². The van der Waals surface area contributed by atoms with Crippen molar-refractivity contribution >= 4 is 15.7 Å². The number of hydrogen-bond acceptors (Lipinski definition) is 2. The molecule has 0 aliphatic carbocycles. The average molecular weight is 209 g/mol. The van der Waals surface area contributed by atoms with Crippen LogP contribution in [-0.2, 0) is 10.0 Å². The van der Waals surface area contributed by atoms with E-state index >= 15 is 0 Å². The third-order valence-corrected chi connectivity index (χ3v) is 3.02. The molecular weight excluding hydrogens is 198 g/mol. The molecule has 1 N–H and O–H groups in total. The summed E-state index contributed by atoms with van der Waals surface area (Å²) in [4.78, 5) is 0. The summed E-state index contributed by atoms with van der Waals surface area (Å²) in [6, 6.07) is 6.82. The van der Waals surface area contributed by atoms with Gasteiger partial charge >= 0.3 is 0 Å². The molecular formula is C10H11NO2S. The number of terminal acetylenes is 1. The lowest BCUT2D eigenvalue weighted by Gasteiger charge is -2.07. The lowest BCUT2D eigenvalue weighted by atomic mass is 10.2. The molecule has 1 aromatic rings. The summed E-state index contributed by atoms with van der Waals surface area (Å²) in [7, 11) is -3.25. The van der Waals surface area contributed by atoms with E-state index in [9.17, 15) is 8.42 Å². The Hall–Kier alpha value is -1.47. The first-order chi connectivity index (χ1) is 6.59. The Kier molecular flexibility index (Phi) is 3.15. The maximum Gasteiger partial charge on any atom is 0.232 e. The van der Waals surface area contributed by atoms with E-state index in [1.54, 1.807) is 31.2 Å². The highest BCUT2D eigenvalue weighted by Gasteiger charge is 2.08. The van der Waals surface area contributed by atoms with Crippen LogP contribution < -0.4 is 4.72 Å². The zero-order valence-electron chi connectivity index (χ0n) is 7.82. The number of nitrogens with one attached hydrogen (secondary N) is 1. The van der Waals surface area contributed by atoms with Crippen LogP contribution in [0.5, 0.6) is 0 Å². The van der Waals surface area contributed by atoms with Crippen molar-refractivity contribution in [3.8, 4) is 12.3 Å². The fraction of sp³-hybridized carbons (Fsp3) is 0.200. The first kappa shape index (κ1) is 10.6. The maximum absolute atomic E-state index is 11.3. The molecule has 0 bridgehead atoms. The number of sulfonamides is 1. The second kappa shape index (κ2) is 4.16. The molecule has 0 aromatic heterocycles. The molecule has 0 atom stereocenters. The number of para-hydroxylation sites is 1. The molecule has 0 aliphatic heterocycles. The molecule has 0 aliphatic rings. The van der Waals surface area contributed by atoms with Gasteiger partial charge in [-0.1, -0.05) is 18.1 Å². The summed E-state index contributed by atoms with van der Waals surface area (Å²) in [5.74, 6) is 2.45. The molecule has 1 rings (SSSR count). The quantitative estimate of drug-likeness (QED) is 0.765. The van der Waals surface area contributed by atoms with Crippen molar-refractivity contribution in [3.05, 3.63) is 29.8 Å². The van der Waals surface area contributed by atoms with E-state index in [-0.39, 0.29) is 5.75 Å². The summed E-state index contributed by atoms with van der Waals surface area (Å²) in [6.07, 6.45) is 5.23. The van der Waals surface area contributed by atoms with Gasteiger partial charge < -0.3 is 0 Å². The third kappa shape index (κ3) is 2.51. The van der Waals surface area contributed by atoms with Crippen molar-refractivity contribution in [3.63, 3.8) is 0 Å². The van der Waals surface area contributed by atoms with Crippen LogP contribution in [0.1, 0.15) is 12.5 Å². The second-order valence-corrected chi connectivity index (χ2v) is 4.71. The molecule has 14 heavy (non-hydrogen) atoms. The van der Waals surface area contributed by atoms with Crippen molar-refractivity contribution in [2.24, 2.45) is 0 Å². The van der Waals surface area contributed by atoms with Gasteiger partial charge in [0.25, 0.3) is 0 Å². The molecule has 0 amide bonds. The lowest BCUT2D eigenvalue weighted by molar-refractivity contribution is 0.602. The Balaban J connectivity index is 3.05. The van der Waals surface area contributed by atoms with Crippen LogP contribution in [0.2, 0.25) is 0 Å². The van der Waals surface area contributed by atoms with Gasteiger partial charge in [-0.2, -0.15) is 0 Å². The third-order valence-electron chi connectivity index (χ3n) is 1.73. The molecule has 0 saturated heterocycles. The van der Waals surface area contributed by atoms with Gasteiger partial charge in [0.1, 0.15) is 0 Å². The zero-order chi connectivity index (χ0) is 10.6. The molecule has 0 spiro atoms. The van der Waals surface area contributed by atoms with Crippen LogP contribution >= 0.6 is 0 Å². The molecule has 0 unspecified atom stereocenters. The molecule has 4 heteroatoms. The Morgan fingerprint density at radius 3 is 2.64 bits per heavy atom. The first-order valence-corrected chi connectivity index (χ1v) is 5.80. The Bertz CT molecular complexity index is 457. The summed E-state index contributed by atoms with van der Waals surface area (Å²) in [5.41, 5.74) is 1.00. The largest absolute Gasteiger partial charge is 0.282 e. The van der Waals surface area contributed by atoms with E-state index < -0.39 is 10.0 Å². The van der Waals surface area contributed by atoms with Crippen LogP contribution in [0.4, 0.5) is 5.69 Å². The summed E-state index contributed by atoms with van der Waals surface area (Å²) < 4.78 is 24.9. The molecule has 0 fully saturated rings. The standard InChI is InChI=1S/C10H11NO2S/c1-3-9-7-5-6-8-10(9)11-14(12,13)4-2/h1,5-8,11H,4H2,2H3. The lowest BCUT2D eigenvalue weighted by Crippen LogP contribution is -2.15. The van der Waals surface area contributed by atoms with Crippen molar-refractivity contribution < 1.29 is 8.42 Å². The Morgan fingerprint density at radius 1 is 1.43 bits per heavy atom. The minimum atomic E-state index is -3.25. The first-order valence-electron chi connectivity index (χ1n) is 4.15. The van der Waals surface area contributed by atoms with Crippen molar-refractivity contribution in [2.45, 2.75) is 6.92 Å². The highest BCUT2D eigenvalue weighted by molar-refractivity contribution is 7.92. The molecule has 0 heterocycles. The number of benzene rings is 1. The number of rotatable bonds is 3. The van der Waals surface area contributed by atoms with E-state index in [1.165, 1.54) is 0 Å². The van der Waals surface area contributed by atoms with Gasteiger partial charge in [-0.3, -0.25) is 4.72 Å². The van der Waals surface area contributed by atoms with Gasteiger partial charge in [-0.05, 0) is 19.1 Å². The maximum atomic E-state index is 11.3.